The van der Waals surface area contributed by atoms with E-state index in [0.29, 0.717) is 13.2 Å². The SMILES string of the molecule is CC(C)(C)OC(=O)N1CCC2(CC=CCO2)CC1(C)C. The van der Waals surface area contributed by atoms with Gasteiger partial charge in [-0.1, -0.05) is 12.2 Å². The second-order valence-corrected chi connectivity index (χ2v) is 7.54. The van der Waals surface area contributed by atoms with Crippen molar-refractivity contribution in [1.29, 1.82) is 0 Å². The molecule has 0 N–H and O–H groups in total. The molecular formula is C16H27NO3. The van der Waals surface area contributed by atoms with Gasteiger partial charge in [0.1, 0.15) is 5.60 Å². The third-order valence-corrected chi connectivity index (χ3v) is 4.03. The number of carbonyl (C=O) groups excluding carboxylic acids is 1. The summed E-state index contributed by atoms with van der Waals surface area (Å²) in [7, 11) is 0. The predicted molar refractivity (Wildman–Crippen MR) is 78.7 cm³/mol. The fraction of sp³-hybridized carbons (Fsp3) is 0.812. The van der Waals surface area contributed by atoms with Gasteiger partial charge in [0.25, 0.3) is 0 Å². The zero-order valence-electron chi connectivity index (χ0n) is 13.4. The summed E-state index contributed by atoms with van der Waals surface area (Å²) in [6.45, 7) is 11.3. The van der Waals surface area contributed by atoms with Gasteiger partial charge in [0.05, 0.1) is 12.2 Å². The number of carbonyl (C=O) groups is 1. The molecule has 114 valence electrons. The highest BCUT2D eigenvalue weighted by atomic mass is 16.6. The van der Waals surface area contributed by atoms with Crippen molar-refractivity contribution in [3.63, 3.8) is 0 Å². The lowest BCUT2D eigenvalue weighted by molar-refractivity contribution is -0.113. The van der Waals surface area contributed by atoms with E-state index in [4.69, 9.17) is 9.47 Å². The average molecular weight is 281 g/mol. The number of rotatable bonds is 0. The van der Waals surface area contributed by atoms with E-state index in [1.807, 2.05) is 25.7 Å². The lowest BCUT2D eigenvalue weighted by Gasteiger charge is -2.51. The van der Waals surface area contributed by atoms with E-state index in [9.17, 15) is 4.79 Å². The van der Waals surface area contributed by atoms with Crippen molar-refractivity contribution in [3.05, 3.63) is 12.2 Å². The molecule has 0 aliphatic carbocycles. The fourth-order valence-corrected chi connectivity index (χ4v) is 3.19. The zero-order chi connectivity index (χ0) is 15.0. The summed E-state index contributed by atoms with van der Waals surface area (Å²) < 4.78 is 11.5. The first-order valence-corrected chi connectivity index (χ1v) is 7.43. The summed E-state index contributed by atoms with van der Waals surface area (Å²) in [6.07, 6.45) is 6.72. The van der Waals surface area contributed by atoms with E-state index < -0.39 is 5.60 Å². The van der Waals surface area contributed by atoms with Crippen LogP contribution in [0.25, 0.3) is 0 Å². The van der Waals surface area contributed by atoms with Gasteiger partial charge in [0.15, 0.2) is 0 Å². The Hall–Kier alpha value is -1.03. The van der Waals surface area contributed by atoms with Crippen LogP contribution in [0.5, 0.6) is 0 Å². The van der Waals surface area contributed by atoms with Gasteiger partial charge in [0, 0.05) is 12.1 Å². The minimum atomic E-state index is -0.452. The third kappa shape index (κ3) is 3.35. The van der Waals surface area contributed by atoms with E-state index in [-0.39, 0.29) is 17.2 Å². The quantitative estimate of drug-likeness (QED) is 0.638. The normalized spacial score (nSPS) is 29.6. The highest BCUT2D eigenvalue weighted by Crippen LogP contribution is 2.41. The molecule has 1 spiro atoms. The maximum Gasteiger partial charge on any atom is 0.410 e. The Morgan fingerprint density at radius 3 is 2.50 bits per heavy atom. The average Bonchev–Trinajstić information content (AvgIpc) is 2.25. The van der Waals surface area contributed by atoms with Gasteiger partial charge in [-0.05, 0) is 53.9 Å². The number of piperidine rings is 1. The second kappa shape index (κ2) is 5.06. The molecule has 0 radical (unpaired) electrons. The largest absolute Gasteiger partial charge is 0.444 e. The van der Waals surface area contributed by atoms with Gasteiger partial charge in [-0.25, -0.2) is 4.79 Å². The first-order chi connectivity index (χ1) is 9.14. The van der Waals surface area contributed by atoms with E-state index in [0.717, 1.165) is 19.3 Å². The molecule has 0 aromatic rings. The van der Waals surface area contributed by atoms with Crippen LogP contribution in [0, 0.1) is 0 Å². The predicted octanol–water partition coefficient (Wildman–Crippen LogP) is 3.51. The molecule has 1 saturated heterocycles. The second-order valence-electron chi connectivity index (χ2n) is 7.54. The van der Waals surface area contributed by atoms with Gasteiger partial charge in [-0.15, -0.1) is 0 Å². The molecule has 0 bridgehead atoms. The maximum absolute atomic E-state index is 12.3. The van der Waals surface area contributed by atoms with Crippen molar-refractivity contribution < 1.29 is 14.3 Å². The molecule has 2 aliphatic rings. The van der Waals surface area contributed by atoms with Gasteiger partial charge in [0.2, 0.25) is 0 Å². The number of nitrogens with zero attached hydrogens (tertiary/aromatic N) is 1. The lowest BCUT2D eigenvalue weighted by atomic mass is 9.77. The van der Waals surface area contributed by atoms with Crippen molar-refractivity contribution in [1.82, 2.24) is 4.90 Å². The number of amides is 1. The molecule has 0 aromatic heterocycles. The Bertz CT molecular complexity index is 408. The zero-order valence-corrected chi connectivity index (χ0v) is 13.4. The van der Waals surface area contributed by atoms with Crippen molar-refractivity contribution >= 4 is 6.09 Å². The highest BCUT2D eigenvalue weighted by molar-refractivity contribution is 5.69. The van der Waals surface area contributed by atoms with Crippen LogP contribution in [0.3, 0.4) is 0 Å². The van der Waals surface area contributed by atoms with E-state index >= 15 is 0 Å². The Balaban J connectivity index is 2.08. The molecule has 4 heteroatoms. The summed E-state index contributed by atoms with van der Waals surface area (Å²) in [6, 6.07) is 0. The molecule has 0 aromatic carbocycles. The van der Waals surface area contributed by atoms with Crippen LogP contribution >= 0.6 is 0 Å². The van der Waals surface area contributed by atoms with Crippen LogP contribution in [0.4, 0.5) is 4.79 Å². The Morgan fingerprint density at radius 2 is 2.00 bits per heavy atom. The lowest BCUT2D eigenvalue weighted by Crippen LogP contribution is -2.60. The molecule has 1 amide bonds. The van der Waals surface area contributed by atoms with Crippen LogP contribution in [0.1, 0.15) is 53.9 Å². The number of hydrogen-bond acceptors (Lipinski definition) is 3. The minimum absolute atomic E-state index is 0.100. The van der Waals surface area contributed by atoms with Crippen LogP contribution in [0.2, 0.25) is 0 Å². The third-order valence-electron chi connectivity index (χ3n) is 4.03. The van der Waals surface area contributed by atoms with Crippen molar-refractivity contribution in [3.8, 4) is 0 Å². The molecule has 2 heterocycles. The molecule has 1 fully saturated rings. The topological polar surface area (TPSA) is 38.8 Å². The summed E-state index contributed by atoms with van der Waals surface area (Å²) in [5.41, 5.74) is -0.797. The molecule has 2 rings (SSSR count). The molecule has 0 saturated carbocycles. The first kappa shape index (κ1) is 15.4. The Morgan fingerprint density at radius 1 is 1.30 bits per heavy atom. The summed E-state index contributed by atoms with van der Waals surface area (Å²) in [5, 5.41) is 0. The van der Waals surface area contributed by atoms with E-state index in [1.54, 1.807) is 0 Å². The molecule has 20 heavy (non-hydrogen) atoms. The van der Waals surface area contributed by atoms with Crippen molar-refractivity contribution in [2.75, 3.05) is 13.2 Å². The van der Waals surface area contributed by atoms with Gasteiger partial charge >= 0.3 is 6.09 Å². The summed E-state index contributed by atoms with van der Waals surface area (Å²) >= 11 is 0. The van der Waals surface area contributed by atoms with Gasteiger partial charge in [-0.3, -0.25) is 0 Å². The minimum Gasteiger partial charge on any atom is -0.444 e. The number of hydrogen-bond donors (Lipinski definition) is 0. The Labute approximate surface area is 122 Å². The van der Waals surface area contributed by atoms with Crippen LogP contribution in [-0.2, 0) is 9.47 Å². The smallest absolute Gasteiger partial charge is 0.410 e. The highest BCUT2D eigenvalue weighted by Gasteiger charge is 2.47. The van der Waals surface area contributed by atoms with Gasteiger partial charge < -0.3 is 14.4 Å². The van der Waals surface area contributed by atoms with Crippen LogP contribution in [0.15, 0.2) is 12.2 Å². The van der Waals surface area contributed by atoms with Gasteiger partial charge in [-0.2, -0.15) is 0 Å². The first-order valence-electron chi connectivity index (χ1n) is 7.43. The maximum atomic E-state index is 12.3. The van der Waals surface area contributed by atoms with Crippen molar-refractivity contribution in [2.24, 2.45) is 0 Å². The monoisotopic (exact) mass is 281 g/mol. The van der Waals surface area contributed by atoms with Crippen LogP contribution < -0.4 is 0 Å². The Kier molecular flexibility index (Phi) is 3.89. The molecule has 1 unspecified atom stereocenters. The molecular weight excluding hydrogens is 254 g/mol. The standard InChI is InChI=1S/C16H27NO3/c1-14(2,3)20-13(18)17-10-9-16(12-15(17,4)5)8-6-7-11-19-16/h6-7H,8-12H2,1-5H3. The van der Waals surface area contributed by atoms with E-state index in [2.05, 4.69) is 26.0 Å². The number of likely N-dealkylation sites (tertiary alicyclic amines) is 1. The molecule has 1 atom stereocenters. The fourth-order valence-electron chi connectivity index (χ4n) is 3.19. The van der Waals surface area contributed by atoms with Crippen molar-refractivity contribution in [2.45, 2.75) is 70.6 Å². The summed E-state index contributed by atoms with van der Waals surface area (Å²) in [5.74, 6) is 0. The van der Waals surface area contributed by atoms with E-state index in [1.165, 1.54) is 0 Å². The summed E-state index contributed by atoms with van der Waals surface area (Å²) in [4.78, 5) is 14.2. The molecule has 4 nitrogen and oxygen atoms in total. The molecule has 2 aliphatic heterocycles. The number of ether oxygens (including phenoxy) is 2. The van der Waals surface area contributed by atoms with Crippen LogP contribution in [-0.4, -0.2) is 40.9 Å².